The third-order valence-corrected chi connectivity index (χ3v) is 5.31. The number of nitrogens with one attached hydrogen (secondary N) is 2. The van der Waals surface area contributed by atoms with Crippen molar-refractivity contribution >= 4 is 11.8 Å². The normalized spacial score (nSPS) is 13.7. The molecule has 2 unspecified atom stereocenters. The molecule has 2 atom stereocenters. The summed E-state index contributed by atoms with van der Waals surface area (Å²) < 4.78 is 0. The number of hydrogen-bond donors (Lipinski definition) is 4. The second-order valence-electron chi connectivity index (χ2n) is 8.91. The molecule has 0 aliphatic rings. The molecule has 0 spiro atoms. The maximum Gasteiger partial charge on any atom is 0.293 e. The minimum absolute atomic E-state index is 0.307. The van der Waals surface area contributed by atoms with Crippen LogP contribution >= 0.6 is 0 Å². The lowest BCUT2D eigenvalue weighted by molar-refractivity contribution is -0.129. The van der Waals surface area contributed by atoms with Gasteiger partial charge in [-0.2, -0.15) is 16.8 Å². The molecule has 8 nitrogen and oxygen atoms in total. The minimum atomic E-state index is -0.648. The highest BCUT2D eigenvalue weighted by molar-refractivity contribution is 5.83. The predicted octanol–water partition coefficient (Wildman–Crippen LogP) is 2.82. The molecular formula is C21H36N4O4. The summed E-state index contributed by atoms with van der Waals surface area (Å²) in [6, 6.07) is 0. The Hall–Kier alpha value is -2.16. The average Bonchev–Trinajstić information content (AvgIpc) is 2.61. The zero-order chi connectivity index (χ0) is 22.5. The van der Waals surface area contributed by atoms with Crippen molar-refractivity contribution in [2.45, 2.75) is 97.7 Å². The van der Waals surface area contributed by atoms with Gasteiger partial charge < -0.3 is 10.2 Å². The SMILES string of the molecule is [C-]#[N+]NC(=O)C(C)(C)CCCC(O)CCCC(O)CCCC(C)(C)C(=O)NC#N. The van der Waals surface area contributed by atoms with Crippen LogP contribution in [0.3, 0.4) is 0 Å². The van der Waals surface area contributed by atoms with Crippen LogP contribution < -0.4 is 10.7 Å². The van der Waals surface area contributed by atoms with Crippen molar-refractivity contribution in [3.63, 3.8) is 0 Å². The molecule has 8 heteroatoms. The summed E-state index contributed by atoms with van der Waals surface area (Å²) in [6.45, 7) is 13.8. The Bertz CT molecular complexity index is 553. The molecule has 2 amide bonds. The Morgan fingerprint density at radius 3 is 1.76 bits per heavy atom. The first-order valence-electron chi connectivity index (χ1n) is 10.2. The van der Waals surface area contributed by atoms with Crippen LogP contribution in [0.25, 0.3) is 4.95 Å². The molecule has 29 heavy (non-hydrogen) atoms. The van der Waals surface area contributed by atoms with Crippen molar-refractivity contribution in [1.82, 2.24) is 10.7 Å². The molecular weight excluding hydrogens is 372 g/mol. The number of carbonyl (C=O) groups is 2. The lowest BCUT2D eigenvalue weighted by Gasteiger charge is -2.22. The summed E-state index contributed by atoms with van der Waals surface area (Å²) in [4.78, 5) is 26.4. The van der Waals surface area contributed by atoms with Gasteiger partial charge in [0.1, 0.15) is 0 Å². The van der Waals surface area contributed by atoms with Crippen LogP contribution in [0.4, 0.5) is 0 Å². The number of hydrogen-bond acceptors (Lipinski definition) is 5. The van der Waals surface area contributed by atoms with E-state index in [0.717, 1.165) is 0 Å². The van der Waals surface area contributed by atoms with Gasteiger partial charge in [-0.3, -0.25) is 14.9 Å². The maximum atomic E-state index is 11.8. The highest BCUT2D eigenvalue weighted by Gasteiger charge is 2.29. The van der Waals surface area contributed by atoms with Crippen LogP contribution in [0.15, 0.2) is 0 Å². The number of nitrogens with zero attached hydrogens (tertiary/aromatic N) is 2. The topological polar surface area (TPSA) is 127 Å². The van der Waals surface area contributed by atoms with E-state index in [0.29, 0.717) is 57.8 Å². The summed E-state index contributed by atoms with van der Waals surface area (Å²) in [7, 11) is 0. The Kier molecular flexibility index (Phi) is 12.2. The first-order chi connectivity index (χ1) is 13.5. The quantitative estimate of drug-likeness (QED) is 0.152. The third-order valence-electron chi connectivity index (χ3n) is 5.31. The zero-order valence-corrected chi connectivity index (χ0v) is 18.1. The van der Waals surface area contributed by atoms with Gasteiger partial charge in [-0.1, -0.05) is 33.1 Å². The van der Waals surface area contributed by atoms with Crippen LogP contribution in [0.5, 0.6) is 0 Å². The molecule has 0 aliphatic carbocycles. The Balaban J connectivity index is 3.98. The largest absolute Gasteiger partial charge is 0.393 e. The summed E-state index contributed by atoms with van der Waals surface area (Å²) in [5, 5.41) is 30.9. The number of aliphatic hydroxyl groups is 2. The van der Waals surface area contributed by atoms with Crippen LogP contribution in [0.2, 0.25) is 0 Å². The Morgan fingerprint density at radius 1 is 0.931 bits per heavy atom. The monoisotopic (exact) mass is 408 g/mol. The summed E-state index contributed by atoms with van der Waals surface area (Å²) in [6.07, 6.45) is 6.23. The summed E-state index contributed by atoms with van der Waals surface area (Å²) in [5.41, 5.74) is 0.847. The molecule has 0 aromatic carbocycles. The van der Waals surface area contributed by atoms with Gasteiger partial charge in [-0.25, -0.2) is 0 Å². The number of aliphatic hydroxyl groups excluding tert-OH is 2. The minimum Gasteiger partial charge on any atom is -0.393 e. The van der Waals surface area contributed by atoms with Gasteiger partial charge >= 0.3 is 0 Å². The fraction of sp³-hybridized carbons (Fsp3) is 0.810. The van der Waals surface area contributed by atoms with E-state index in [-0.39, 0.29) is 11.8 Å². The van der Waals surface area contributed by atoms with Crippen LogP contribution in [0.1, 0.15) is 85.5 Å². The van der Waals surface area contributed by atoms with Gasteiger partial charge in [0.25, 0.3) is 5.91 Å². The van der Waals surface area contributed by atoms with Gasteiger partial charge in [0.2, 0.25) is 5.91 Å². The zero-order valence-electron chi connectivity index (χ0n) is 18.1. The van der Waals surface area contributed by atoms with Gasteiger partial charge in [-0.15, -0.1) is 0 Å². The Labute approximate surface area is 174 Å². The number of amides is 2. The van der Waals surface area contributed by atoms with Crippen molar-refractivity contribution in [3.05, 3.63) is 11.5 Å². The fourth-order valence-electron chi connectivity index (χ4n) is 3.09. The van der Waals surface area contributed by atoms with E-state index >= 15 is 0 Å². The predicted molar refractivity (Wildman–Crippen MR) is 110 cm³/mol. The maximum absolute atomic E-state index is 11.8. The number of nitriles is 1. The molecule has 164 valence electrons. The molecule has 0 aromatic heterocycles. The van der Waals surface area contributed by atoms with Gasteiger partial charge in [-0.05, 0) is 57.8 Å². The van der Waals surface area contributed by atoms with Crippen molar-refractivity contribution in [2.24, 2.45) is 10.8 Å². The number of carbonyl (C=O) groups excluding carboxylic acids is 2. The molecule has 4 N–H and O–H groups in total. The van der Waals surface area contributed by atoms with Crippen molar-refractivity contribution in [1.29, 1.82) is 5.26 Å². The lowest BCUT2D eigenvalue weighted by Crippen LogP contribution is -2.34. The second-order valence-corrected chi connectivity index (χ2v) is 8.91. The summed E-state index contributed by atoms with van der Waals surface area (Å²) in [5.74, 6) is -0.620. The van der Waals surface area contributed by atoms with Crippen LogP contribution in [-0.2, 0) is 9.59 Å². The summed E-state index contributed by atoms with van der Waals surface area (Å²) >= 11 is 0. The van der Waals surface area contributed by atoms with Crippen molar-refractivity contribution in [2.75, 3.05) is 0 Å². The third kappa shape index (κ3) is 11.4. The van der Waals surface area contributed by atoms with E-state index in [1.165, 1.54) is 0 Å². The van der Waals surface area contributed by atoms with E-state index < -0.39 is 23.0 Å². The van der Waals surface area contributed by atoms with E-state index in [2.05, 4.69) is 15.7 Å². The molecule has 0 aromatic rings. The molecule has 0 fully saturated rings. The average molecular weight is 409 g/mol. The van der Waals surface area contributed by atoms with Crippen molar-refractivity contribution in [3.8, 4) is 6.19 Å². The Morgan fingerprint density at radius 2 is 1.34 bits per heavy atom. The second kappa shape index (κ2) is 13.1. The fourth-order valence-corrected chi connectivity index (χ4v) is 3.09. The molecule has 0 radical (unpaired) electrons. The van der Waals surface area contributed by atoms with E-state index in [9.17, 15) is 19.8 Å². The molecule has 0 saturated heterocycles. The molecule has 0 saturated carbocycles. The first kappa shape index (κ1) is 26.8. The molecule has 0 aliphatic heterocycles. The molecule has 0 bridgehead atoms. The smallest absolute Gasteiger partial charge is 0.293 e. The van der Waals surface area contributed by atoms with E-state index in [1.54, 1.807) is 33.9 Å². The first-order valence-corrected chi connectivity index (χ1v) is 10.2. The van der Waals surface area contributed by atoms with Gasteiger partial charge in [0.05, 0.1) is 17.6 Å². The van der Waals surface area contributed by atoms with Crippen LogP contribution in [-0.4, -0.2) is 34.2 Å². The highest BCUT2D eigenvalue weighted by atomic mass is 16.3. The van der Waals surface area contributed by atoms with E-state index in [1.807, 2.05) is 0 Å². The van der Waals surface area contributed by atoms with Crippen molar-refractivity contribution < 1.29 is 19.8 Å². The van der Waals surface area contributed by atoms with Gasteiger partial charge in [0, 0.05) is 5.41 Å². The standard InChI is InChI=1S/C21H36N4O4/c1-20(2,18(28)24-15-22)13-7-11-16(26)9-6-10-17(27)12-8-14-21(3,4)19(29)25-23-5/h16-17,26-27H,6-14H2,1-4H3,(H,24,28)(H,25,29). The van der Waals surface area contributed by atoms with E-state index in [4.69, 9.17) is 11.8 Å². The molecule has 0 rings (SSSR count). The molecule has 0 heterocycles. The highest BCUT2D eigenvalue weighted by Crippen LogP contribution is 2.26. The number of rotatable bonds is 14. The van der Waals surface area contributed by atoms with Gasteiger partial charge in [0.15, 0.2) is 6.19 Å². The lowest BCUT2D eigenvalue weighted by atomic mass is 9.85. The van der Waals surface area contributed by atoms with Crippen LogP contribution in [0, 0.1) is 28.9 Å².